The van der Waals surface area contributed by atoms with Gasteiger partial charge in [-0.15, -0.1) is 0 Å². The summed E-state index contributed by atoms with van der Waals surface area (Å²) in [6.07, 6.45) is 4.48. The standard InChI is InChI=1S/C9H13N3O2/c1-12(5-6-14-2)9(13)8-7-10-3-4-11-8/h3-4,7H,5-6H2,1-2H3. The number of carbonyl (C=O) groups excluding carboxylic acids is 1. The number of aromatic nitrogens is 2. The summed E-state index contributed by atoms with van der Waals surface area (Å²) < 4.78 is 4.87. The molecule has 0 saturated carbocycles. The molecule has 5 heteroatoms. The van der Waals surface area contributed by atoms with Crippen LogP contribution in [0.1, 0.15) is 10.5 Å². The van der Waals surface area contributed by atoms with Crippen molar-refractivity contribution in [3.05, 3.63) is 24.3 Å². The zero-order valence-corrected chi connectivity index (χ0v) is 8.30. The van der Waals surface area contributed by atoms with Crippen molar-refractivity contribution in [2.45, 2.75) is 0 Å². The fourth-order valence-electron chi connectivity index (χ4n) is 0.935. The van der Waals surface area contributed by atoms with Gasteiger partial charge in [0.05, 0.1) is 12.8 Å². The Bertz CT molecular complexity index is 289. The molecule has 5 nitrogen and oxygen atoms in total. The highest BCUT2D eigenvalue weighted by molar-refractivity contribution is 5.91. The molecule has 0 fully saturated rings. The van der Waals surface area contributed by atoms with Gasteiger partial charge in [-0.3, -0.25) is 9.78 Å². The lowest BCUT2D eigenvalue weighted by Gasteiger charge is -2.15. The predicted molar refractivity (Wildman–Crippen MR) is 50.9 cm³/mol. The normalized spacial score (nSPS) is 9.86. The molecule has 1 amide bonds. The number of likely N-dealkylation sites (N-methyl/N-ethyl adjacent to an activating group) is 1. The molecule has 14 heavy (non-hydrogen) atoms. The number of hydrogen-bond donors (Lipinski definition) is 0. The molecule has 1 rings (SSSR count). The number of amides is 1. The lowest BCUT2D eigenvalue weighted by Crippen LogP contribution is -2.30. The van der Waals surface area contributed by atoms with Crippen LogP contribution in [0, 0.1) is 0 Å². The van der Waals surface area contributed by atoms with Crippen LogP contribution in [-0.2, 0) is 4.74 Å². The smallest absolute Gasteiger partial charge is 0.273 e. The van der Waals surface area contributed by atoms with E-state index in [0.29, 0.717) is 18.8 Å². The molecule has 0 aromatic carbocycles. The molecule has 0 N–H and O–H groups in total. The molecular formula is C9H13N3O2. The molecule has 0 bridgehead atoms. The molecule has 1 aromatic rings. The molecule has 0 aliphatic rings. The minimum atomic E-state index is -0.143. The second-order valence-electron chi connectivity index (χ2n) is 2.81. The minimum absolute atomic E-state index is 0.143. The van der Waals surface area contributed by atoms with Crippen LogP contribution in [0.3, 0.4) is 0 Å². The fraction of sp³-hybridized carbons (Fsp3) is 0.444. The van der Waals surface area contributed by atoms with Gasteiger partial charge in [0.25, 0.3) is 5.91 Å². The number of hydrogen-bond acceptors (Lipinski definition) is 4. The average Bonchev–Trinajstić information content (AvgIpc) is 2.26. The van der Waals surface area contributed by atoms with E-state index in [1.54, 1.807) is 19.1 Å². The lowest BCUT2D eigenvalue weighted by atomic mass is 10.4. The molecule has 0 aliphatic carbocycles. The fourth-order valence-corrected chi connectivity index (χ4v) is 0.935. The second kappa shape index (κ2) is 5.29. The quantitative estimate of drug-likeness (QED) is 0.688. The van der Waals surface area contributed by atoms with Gasteiger partial charge in [-0.1, -0.05) is 0 Å². The first-order valence-electron chi connectivity index (χ1n) is 4.26. The third-order valence-electron chi connectivity index (χ3n) is 1.76. The Hall–Kier alpha value is -1.49. The predicted octanol–water partition coefficient (Wildman–Crippen LogP) is 0.195. The van der Waals surface area contributed by atoms with E-state index in [2.05, 4.69) is 9.97 Å². The van der Waals surface area contributed by atoms with Gasteiger partial charge in [0.15, 0.2) is 0 Å². The van der Waals surface area contributed by atoms with Gasteiger partial charge in [-0.05, 0) is 0 Å². The third kappa shape index (κ3) is 2.77. The summed E-state index contributed by atoms with van der Waals surface area (Å²) >= 11 is 0. The van der Waals surface area contributed by atoms with E-state index >= 15 is 0 Å². The Morgan fingerprint density at radius 1 is 1.57 bits per heavy atom. The molecule has 0 aliphatic heterocycles. The highest BCUT2D eigenvalue weighted by Crippen LogP contribution is 1.96. The molecule has 0 atom stereocenters. The van der Waals surface area contributed by atoms with Gasteiger partial charge < -0.3 is 9.64 Å². The van der Waals surface area contributed by atoms with Gasteiger partial charge in [0.2, 0.25) is 0 Å². The van der Waals surface area contributed by atoms with E-state index in [-0.39, 0.29) is 5.91 Å². The van der Waals surface area contributed by atoms with Crippen LogP contribution >= 0.6 is 0 Å². The summed E-state index contributed by atoms with van der Waals surface area (Å²) in [5, 5.41) is 0. The van der Waals surface area contributed by atoms with E-state index in [0.717, 1.165) is 0 Å². The monoisotopic (exact) mass is 195 g/mol. The van der Waals surface area contributed by atoms with Crippen LogP contribution in [0.5, 0.6) is 0 Å². The molecule has 0 radical (unpaired) electrons. The summed E-state index contributed by atoms with van der Waals surface area (Å²) in [6.45, 7) is 1.06. The second-order valence-corrected chi connectivity index (χ2v) is 2.81. The van der Waals surface area contributed by atoms with E-state index in [4.69, 9.17) is 4.74 Å². The highest BCUT2D eigenvalue weighted by Gasteiger charge is 2.11. The van der Waals surface area contributed by atoms with Crippen molar-refractivity contribution < 1.29 is 9.53 Å². The number of carbonyl (C=O) groups is 1. The van der Waals surface area contributed by atoms with Crippen molar-refractivity contribution in [2.75, 3.05) is 27.3 Å². The highest BCUT2D eigenvalue weighted by atomic mass is 16.5. The van der Waals surface area contributed by atoms with Crippen LogP contribution in [0.4, 0.5) is 0 Å². The molecule has 0 unspecified atom stereocenters. The molecule has 0 spiro atoms. The van der Waals surface area contributed by atoms with Crippen LogP contribution in [0.2, 0.25) is 0 Å². The van der Waals surface area contributed by atoms with Crippen molar-refractivity contribution in [1.82, 2.24) is 14.9 Å². The minimum Gasteiger partial charge on any atom is -0.383 e. The van der Waals surface area contributed by atoms with Gasteiger partial charge in [0.1, 0.15) is 5.69 Å². The Labute approximate surface area is 82.7 Å². The summed E-state index contributed by atoms with van der Waals surface area (Å²) in [7, 11) is 3.30. The summed E-state index contributed by atoms with van der Waals surface area (Å²) in [5.41, 5.74) is 0.353. The first kappa shape index (κ1) is 10.6. The number of ether oxygens (including phenoxy) is 1. The Morgan fingerprint density at radius 3 is 2.93 bits per heavy atom. The molecule has 1 aromatic heterocycles. The largest absolute Gasteiger partial charge is 0.383 e. The van der Waals surface area contributed by atoms with Gasteiger partial charge in [-0.2, -0.15) is 0 Å². The Kier molecular flexibility index (Phi) is 4.00. The average molecular weight is 195 g/mol. The first-order chi connectivity index (χ1) is 6.75. The van der Waals surface area contributed by atoms with Crippen molar-refractivity contribution in [3.8, 4) is 0 Å². The van der Waals surface area contributed by atoms with Gasteiger partial charge in [0, 0.05) is 33.1 Å². The summed E-state index contributed by atoms with van der Waals surface area (Å²) in [6, 6.07) is 0. The van der Waals surface area contributed by atoms with Crippen LogP contribution < -0.4 is 0 Å². The Morgan fingerprint density at radius 2 is 2.36 bits per heavy atom. The maximum atomic E-state index is 11.6. The SMILES string of the molecule is COCCN(C)C(=O)c1cnccn1. The number of nitrogens with zero attached hydrogens (tertiary/aromatic N) is 3. The van der Waals surface area contributed by atoms with Gasteiger partial charge in [-0.25, -0.2) is 4.98 Å². The zero-order chi connectivity index (χ0) is 10.4. The van der Waals surface area contributed by atoms with Crippen molar-refractivity contribution >= 4 is 5.91 Å². The summed E-state index contributed by atoms with van der Waals surface area (Å²) in [5.74, 6) is -0.143. The molecular weight excluding hydrogens is 182 g/mol. The van der Waals surface area contributed by atoms with Crippen molar-refractivity contribution in [1.29, 1.82) is 0 Å². The van der Waals surface area contributed by atoms with Crippen LogP contribution in [0.25, 0.3) is 0 Å². The van der Waals surface area contributed by atoms with E-state index < -0.39 is 0 Å². The van der Waals surface area contributed by atoms with Crippen LogP contribution in [0.15, 0.2) is 18.6 Å². The van der Waals surface area contributed by atoms with Crippen molar-refractivity contribution in [3.63, 3.8) is 0 Å². The molecule has 1 heterocycles. The maximum Gasteiger partial charge on any atom is 0.273 e. The van der Waals surface area contributed by atoms with Gasteiger partial charge >= 0.3 is 0 Å². The number of rotatable bonds is 4. The topological polar surface area (TPSA) is 55.3 Å². The summed E-state index contributed by atoms with van der Waals surface area (Å²) in [4.78, 5) is 20.9. The van der Waals surface area contributed by atoms with Crippen molar-refractivity contribution in [2.24, 2.45) is 0 Å². The third-order valence-corrected chi connectivity index (χ3v) is 1.76. The first-order valence-corrected chi connectivity index (χ1v) is 4.26. The molecule has 76 valence electrons. The van der Waals surface area contributed by atoms with E-state index in [1.165, 1.54) is 18.6 Å². The van der Waals surface area contributed by atoms with Crippen LogP contribution in [-0.4, -0.2) is 48.1 Å². The molecule has 0 saturated heterocycles. The van der Waals surface area contributed by atoms with E-state index in [9.17, 15) is 4.79 Å². The maximum absolute atomic E-state index is 11.6. The lowest BCUT2D eigenvalue weighted by molar-refractivity contribution is 0.0738. The number of methoxy groups -OCH3 is 1. The Balaban J connectivity index is 2.57. The zero-order valence-electron chi connectivity index (χ0n) is 8.30. The van der Waals surface area contributed by atoms with E-state index in [1.807, 2.05) is 0 Å².